The molecule has 1 aliphatic carbocycles. The van der Waals surface area contributed by atoms with Gasteiger partial charge in [0, 0.05) is 41.1 Å². The first-order chi connectivity index (χ1) is 20.4. The van der Waals surface area contributed by atoms with Gasteiger partial charge in [0.1, 0.15) is 32.8 Å². The molecule has 0 unspecified atom stereocenters. The van der Waals surface area contributed by atoms with Gasteiger partial charge >= 0.3 is 17.8 Å². The highest BCUT2D eigenvalue weighted by molar-refractivity contribution is 8.12. The second-order valence-corrected chi connectivity index (χ2v) is 13.9. The van der Waals surface area contributed by atoms with E-state index in [9.17, 15) is 19.3 Å². The van der Waals surface area contributed by atoms with Gasteiger partial charge in [-0.3, -0.25) is 0 Å². The van der Waals surface area contributed by atoms with E-state index in [0.29, 0.717) is 19.5 Å². The molecule has 43 heavy (non-hydrogen) atoms. The van der Waals surface area contributed by atoms with Crippen LogP contribution in [0.2, 0.25) is 0 Å². The smallest absolute Gasteiger partial charge is 0.194 e. The number of nitriles is 3. The highest BCUT2D eigenvalue weighted by Gasteiger charge is 2.79. The van der Waals surface area contributed by atoms with Gasteiger partial charge in [-0.05, 0) is 65.9 Å². The summed E-state index contributed by atoms with van der Waals surface area (Å²) in [7, 11) is 0. The minimum atomic E-state index is -5.75. The van der Waals surface area contributed by atoms with Crippen molar-refractivity contribution in [2.45, 2.75) is 24.2 Å². The molecule has 0 N–H and O–H groups in total. The predicted molar refractivity (Wildman–Crippen MR) is 160 cm³/mol. The molecule has 4 aromatic rings. The van der Waals surface area contributed by atoms with Crippen LogP contribution in [-0.2, 0) is 0 Å². The second-order valence-electron chi connectivity index (χ2n) is 8.75. The third kappa shape index (κ3) is 5.10. The van der Waals surface area contributed by atoms with E-state index < -0.39 is 40.9 Å². The topological polar surface area (TPSA) is 71.4 Å². The second kappa shape index (κ2) is 11.4. The van der Waals surface area contributed by atoms with Crippen molar-refractivity contribution in [1.82, 2.24) is 0 Å². The summed E-state index contributed by atoms with van der Waals surface area (Å²) in [5.74, 6) is -16.3. The maximum absolute atomic E-state index is 15.6. The zero-order chi connectivity index (χ0) is 31.2. The maximum Gasteiger partial charge on any atom is 0.380 e. The Bertz CT molecular complexity index is 1980. The van der Waals surface area contributed by atoms with E-state index in [1.807, 2.05) is 18.2 Å². The molecular formula is C29H11F6N3S5. The van der Waals surface area contributed by atoms with Crippen molar-refractivity contribution in [1.29, 1.82) is 15.8 Å². The molecule has 0 radical (unpaired) electrons. The summed E-state index contributed by atoms with van der Waals surface area (Å²) < 4.78 is 92.1. The number of nitrogens with zero attached hydrogens (tertiary/aromatic N) is 3. The number of hydrogen-bond acceptors (Lipinski definition) is 8. The van der Waals surface area contributed by atoms with Crippen LogP contribution in [0.15, 0.2) is 54.1 Å². The fourth-order valence-corrected chi connectivity index (χ4v) is 8.79. The van der Waals surface area contributed by atoms with Gasteiger partial charge < -0.3 is 0 Å². The summed E-state index contributed by atoms with van der Waals surface area (Å²) >= 11 is 4.55. The minimum Gasteiger partial charge on any atom is -0.194 e. The highest BCUT2D eigenvalue weighted by Crippen LogP contribution is 2.64. The van der Waals surface area contributed by atoms with Crippen LogP contribution in [0, 0.1) is 45.7 Å². The van der Waals surface area contributed by atoms with E-state index in [0.717, 1.165) is 69.3 Å². The number of rotatable bonds is 7. The van der Waals surface area contributed by atoms with E-state index >= 15 is 17.6 Å². The van der Waals surface area contributed by atoms with Crippen LogP contribution in [-0.4, -0.2) is 17.8 Å². The molecular weight excluding hydrogens is 665 g/mol. The quantitative estimate of drug-likeness (QED) is 0.144. The van der Waals surface area contributed by atoms with E-state index in [1.165, 1.54) is 30.3 Å². The summed E-state index contributed by atoms with van der Waals surface area (Å²) in [5.41, 5.74) is -3.49. The van der Waals surface area contributed by atoms with Crippen LogP contribution >= 0.6 is 57.1 Å². The lowest BCUT2D eigenvalue weighted by Crippen LogP contribution is -2.49. The molecule has 214 valence electrons. The Kier molecular flexibility index (Phi) is 8.13. The Morgan fingerprint density at radius 1 is 0.767 bits per heavy atom. The third-order valence-electron chi connectivity index (χ3n) is 6.30. The summed E-state index contributed by atoms with van der Waals surface area (Å²) in [5, 5.41) is 29.9. The average molecular weight is 676 g/mol. The number of thioether (sulfide) groups is 1. The van der Waals surface area contributed by atoms with Gasteiger partial charge in [-0.25, -0.2) is 0 Å². The van der Waals surface area contributed by atoms with Crippen LogP contribution in [0.5, 0.6) is 0 Å². The molecule has 1 aliphatic rings. The first kappa shape index (κ1) is 30.7. The van der Waals surface area contributed by atoms with E-state index in [2.05, 4.69) is 5.25 Å². The summed E-state index contributed by atoms with van der Waals surface area (Å²) in [6, 6.07) is 15.8. The molecule has 0 aromatic carbocycles. The van der Waals surface area contributed by atoms with Crippen molar-refractivity contribution in [2.75, 3.05) is 0 Å². The Hall–Kier alpha value is -3.76. The van der Waals surface area contributed by atoms with Gasteiger partial charge in [0.2, 0.25) is 0 Å². The number of allylic oxidation sites excluding steroid dienone is 3. The SMILES string of the molecule is C#CS/C(=C\CC1=C(c2cc(-c3ccc(C#N)s3)sc2-c2ccc(C#N)s2)C(F)(F)C(F)(F)C1(F)F)c1ccc(C#N)s1. The number of alkyl halides is 6. The normalized spacial score (nSPS) is 16.8. The zero-order valence-corrected chi connectivity index (χ0v) is 25.1. The molecule has 0 fully saturated rings. The van der Waals surface area contributed by atoms with Gasteiger partial charge in [0.05, 0.1) is 4.88 Å². The van der Waals surface area contributed by atoms with Crippen molar-refractivity contribution >= 4 is 67.6 Å². The maximum atomic E-state index is 15.6. The van der Waals surface area contributed by atoms with E-state index in [1.54, 1.807) is 6.07 Å². The molecule has 4 aromatic heterocycles. The largest absolute Gasteiger partial charge is 0.380 e. The molecule has 4 heterocycles. The van der Waals surface area contributed by atoms with Gasteiger partial charge in [0.25, 0.3) is 0 Å². The number of halogens is 6. The van der Waals surface area contributed by atoms with Crippen LogP contribution < -0.4 is 0 Å². The molecule has 0 saturated carbocycles. The molecule has 0 saturated heterocycles. The molecule has 0 amide bonds. The molecule has 0 atom stereocenters. The number of terminal acetylenes is 1. The Morgan fingerprint density at radius 2 is 1.35 bits per heavy atom. The van der Waals surface area contributed by atoms with Gasteiger partial charge in [-0.2, -0.15) is 42.1 Å². The summed E-state index contributed by atoms with van der Waals surface area (Å²) in [6.45, 7) is 0. The van der Waals surface area contributed by atoms with Crippen molar-refractivity contribution < 1.29 is 26.3 Å². The molecule has 3 nitrogen and oxygen atoms in total. The molecule has 14 heteroatoms. The zero-order valence-electron chi connectivity index (χ0n) is 21.1. The molecule has 0 spiro atoms. The fourth-order valence-electron chi connectivity index (χ4n) is 4.36. The van der Waals surface area contributed by atoms with E-state index in [4.69, 9.17) is 11.7 Å². The molecule has 5 rings (SSSR count). The number of thiophene rings is 4. The Balaban J connectivity index is 1.76. The Labute approximate surface area is 261 Å². The lowest BCUT2D eigenvalue weighted by atomic mass is 9.97. The lowest BCUT2D eigenvalue weighted by Gasteiger charge is -2.25. The monoisotopic (exact) mass is 675 g/mol. The Morgan fingerprint density at radius 3 is 1.93 bits per heavy atom. The summed E-state index contributed by atoms with van der Waals surface area (Å²) in [6.07, 6.45) is 5.48. The van der Waals surface area contributed by atoms with Gasteiger partial charge in [-0.15, -0.1) is 51.8 Å². The van der Waals surface area contributed by atoms with Crippen LogP contribution in [0.25, 0.3) is 30.0 Å². The fraction of sp³-hybridized carbons (Fsp3) is 0.138. The van der Waals surface area contributed by atoms with Crippen LogP contribution in [0.4, 0.5) is 26.3 Å². The van der Waals surface area contributed by atoms with Crippen molar-refractivity contribution in [2.24, 2.45) is 0 Å². The lowest BCUT2D eigenvalue weighted by molar-refractivity contribution is -0.260. The number of hydrogen-bond donors (Lipinski definition) is 0. The van der Waals surface area contributed by atoms with Crippen LogP contribution in [0.1, 0.15) is 31.5 Å². The standard InChI is InChI=1S/C29H11F6N3S5/c1-2-39-20(21-7-3-15(12-36)40-21)10-6-19-25(28(32,33)29(34,35)27(19,30)31)18-11-24(22-8-4-16(13-37)41-22)43-26(18)23-9-5-17(14-38)42-23/h1,3-5,7-11H,6H2/b20-10-. The highest BCUT2D eigenvalue weighted by atomic mass is 32.2. The first-order valence-electron chi connectivity index (χ1n) is 11.7. The van der Waals surface area contributed by atoms with Crippen LogP contribution in [0.3, 0.4) is 0 Å². The molecule has 0 aliphatic heterocycles. The van der Waals surface area contributed by atoms with Crippen molar-refractivity contribution in [3.63, 3.8) is 0 Å². The predicted octanol–water partition coefficient (Wildman–Crippen LogP) is 10.3. The minimum absolute atomic E-state index is 0.00760. The van der Waals surface area contributed by atoms with Gasteiger partial charge in [0.15, 0.2) is 0 Å². The van der Waals surface area contributed by atoms with Gasteiger partial charge in [-0.1, -0.05) is 6.08 Å². The van der Waals surface area contributed by atoms with Crippen molar-refractivity contribution in [3.05, 3.63) is 79.2 Å². The third-order valence-corrected chi connectivity index (χ3v) is 11.7. The average Bonchev–Trinajstić information content (AvgIpc) is 3.79. The van der Waals surface area contributed by atoms with E-state index in [-0.39, 0.29) is 24.4 Å². The van der Waals surface area contributed by atoms with Crippen molar-refractivity contribution in [3.8, 4) is 49.4 Å². The first-order valence-corrected chi connectivity index (χ1v) is 15.8. The summed E-state index contributed by atoms with van der Waals surface area (Å²) in [4.78, 5) is 2.34. The molecule has 0 bridgehead atoms.